The lowest BCUT2D eigenvalue weighted by molar-refractivity contribution is 0.518. The van der Waals surface area contributed by atoms with Crippen molar-refractivity contribution in [2.24, 2.45) is 0 Å². The van der Waals surface area contributed by atoms with Crippen LogP contribution < -0.4 is 0 Å². The molecular formula is C41H82. The molecule has 0 radical (unpaired) electrons. The fourth-order valence-electron chi connectivity index (χ4n) is 6.39. The normalized spacial score (nSPS) is 11.8. The Hall–Kier alpha value is -0.260. The summed E-state index contributed by atoms with van der Waals surface area (Å²) >= 11 is 0. The number of allylic oxidation sites excluding steroid dienone is 2. The van der Waals surface area contributed by atoms with Crippen LogP contribution in [0.3, 0.4) is 0 Å². The van der Waals surface area contributed by atoms with E-state index in [1.54, 1.807) is 0 Å². The monoisotopic (exact) mass is 575 g/mol. The van der Waals surface area contributed by atoms with Crippen molar-refractivity contribution in [1.29, 1.82) is 0 Å². The third kappa shape index (κ3) is 39.7. The van der Waals surface area contributed by atoms with Gasteiger partial charge in [0.15, 0.2) is 0 Å². The summed E-state index contributed by atoms with van der Waals surface area (Å²) < 4.78 is 0. The van der Waals surface area contributed by atoms with Crippen LogP contribution in [-0.4, -0.2) is 0 Å². The van der Waals surface area contributed by atoms with Gasteiger partial charge in [0.1, 0.15) is 0 Å². The minimum Gasteiger partial charge on any atom is -0.0885 e. The molecule has 0 aliphatic carbocycles. The van der Waals surface area contributed by atoms with Gasteiger partial charge in [0.05, 0.1) is 0 Å². The van der Waals surface area contributed by atoms with Crippen molar-refractivity contribution in [3.63, 3.8) is 0 Å². The summed E-state index contributed by atoms with van der Waals surface area (Å²) in [6.45, 7) is 4.61. The van der Waals surface area contributed by atoms with Gasteiger partial charge in [-0.3, -0.25) is 0 Å². The van der Waals surface area contributed by atoms with Crippen LogP contribution in [-0.2, 0) is 0 Å². The van der Waals surface area contributed by atoms with Crippen LogP contribution >= 0.6 is 0 Å². The van der Waals surface area contributed by atoms with Gasteiger partial charge in [0, 0.05) is 0 Å². The van der Waals surface area contributed by atoms with Gasteiger partial charge in [-0.25, -0.2) is 0 Å². The molecule has 0 fully saturated rings. The van der Waals surface area contributed by atoms with Crippen molar-refractivity contribution in [2.75, 3.05) is 0 Å². The Labute approximate surface area is 263 Å². The zero-order chi connectivity index (χ0) is 29.6. The predicted octanol–water partition coefficient (Wildman–Crippen LogP) is 16.0. The summed E-state index contributed by atoms with van der Waals surface area (Å²) in [6.07, 6.45) is 58.9. The molecule has 0 heteroatoms. The van der Waals surface area contributed by atoms with Gasteiger partial charge in [-0.2, -0.15) is 0 Å². The van der Waals surface area contributed by atoms with Crippen molar-refractivity contribution < 1.29 is 0 Å². The molecule has 0 aromatic carbocycles. The van der Waals surface area contributed by atoms with Crippen molar-refractivity contribution in [3.05, 3.63) is 12.2 Å². The van der Waals surface area contributed by atoms with Gasteiger partial charge < -0.3 is 0 Å². The third-order valence-electron chi connectivity index (χ3n) is 9.37. The molecule has 41 heavy (non-hydrogen) atoms. The Morgan fingerprint density at radius 2 is 0.341 bits per heavy atom. The van der Waals surface area contributed by atoms with E-state index < -0.39 is 0 Å². The summed E-state index contributed by atoms with van der Waals surface area (Å²) in [6, 6.07) is 0. The molecule has 0 N–H and O–H groups in total. The van der Waals surface area contributed by atoms with E-state index >= 15 is 0 Å². The summed E-state index contributed by atoms with van der Waals surface area (Å²) in [7, 11) is 0. The molecule has 246 valence electrons. The SMILES string of the molecule is CCCCCCCCCCCCCCC=CCCCCCCCCCCCCCCCCCCCCCCCCC. The minimum absolute atomic E-state index is 1.32. The highest BCUT2D eigenvalue weighted by molar-refractivity contribution is 4.81. The van der Waals surface area contributed by atoms with Crippen molar-refractivity contribution in [2.45, 2.75) is 251 Å². The highest BCUT2D eigenvalue weighted by atomic mass is 14.0. The summed E-state index contributed by atoms with van der Waals surface area (Å²) in [5.74, 6) is 0. The molecule has 0 aliphatic rings. The van der Waals surface area contributed by atoms with E-state index in [4.69, 9.17) is 0 Å². The summed E-state index contributed by atoms with van der Waals surface area (Å²) in [5.41, 5.74) is 0. The van der Waals surface area contributed by atoms with Crippen molar-refractivity contribution in [3.8, 4) is 0 Å². The molecule has 0 heterocycles. The van der Waals surface area contributed by atoms with Gasteiger partial charge in [-0.15, -0.1) is 0 Å². The van der Waals surface area contributed by atoms with Crippen LogP contribution in [0, 0.1) is 0 Å². The molecule has 0 nitrogen and oxygen atoms in total. The van der Waals surface area contributed by atoms with Crippen LogP contribution in [0.1, 0.15) is 251 Å². The van der Waals surface area contributed by atoms with Gasteiger partial charge in [-0.1, -0.05) is 238 Å². The molecule has 0 saturated carbocycles. The zero-order valence-electron chi connectivity index (χ0n) is 29.3. The van der Waals surface area contributed by atoms with Crippen LogP contribution in [0.5, 0.6) is 0 Å². The second-order valence-electron chi connectivity index (χ2n) is 13.7. The fraction of sp³-hybridized carbons (Fsp3) is 0.951. The Bertz CT molecular complexity index is 449. The van der Waals surface area contributed by atoms with Gasteiger partial charge >= 0.3 is 0 Å². The number of unbranched alkanes of at least 4 members (excludes halogenated alkanes) is 35. The number of rotatable bonds is 37. The van der Waals surface area contributed by atoms with E-state index in [1.165, 1.54) is 238 Å². The molecule has 0 bridgehead atoms. The van der Waals surface area contributed by atoms with E-state index in [1.807, 2.05) is 0 Å². The maximum atomic E-state index is 2.47. The molecule has 0 spiro atoms. The van der Waals surface area contributed by atoms with E-state index in [0.29, 0.717) is 0 Å². The molecule has 0 amide bonds. The molecule has 0 saturated heterocycles. The molecular weight excluding hydrogens is 492 g/mol. The summed E-state index contributed by atoms with van der Waals surface area (Å²) in [4.78, 5) is 0. The molecule has 0 aromatic rings. The molecule has 0 aromatic heterocycles. The highest BCUT2D eigenvalue weighted by Gasteiger charge is 1.96. The number of hydrogen-bond acceptors (Lipinski definition) is 0. The number of hydrogen-bond donors (Lipinski definition) is 0. The van der Waals surface area contributed by atoms with E-state index in [-0.39, 0.29) is 0 Å². The lowest BCUT2D eigenvalue weighted by Crippen LogP contribution is -1.84. The fourth-order valence-corrected chi connectivity index (χ4v) is 6.39. The quantitative estimate of drug-likeness (QED) is 0.0511. The topological polar surface area (TPSA) is 0 Å². The predicted molar refractivity (Wildman–Crippen MR) is 191 cm³/mol. The Balaban J connectivity index is 3.07. The molecule has 0 unspecified atom stereocenters. The Kier molecular flexibility index (Phi) is 39.5. The third-order valence-corrected chi connectivity index (χ3v) is 9.37. The van der Waals surface area contributed by atoms with Crippen LogP contribution in [0.15, 0.2) is 12.2 Å². The Morgan fingerprint density at radius 1 is 0.195 bits per heavy atom. The van der Waals surface area contributed by atoms with Crippen molar-refractivity contribution in [1.82, 2.24) is 0 Å². The standard InChI is InChI=1S/C41H82/c1-3-5-7-9-11-13-15-17-19-21-23-25-27-29-31-33-35-37-39-41-40-38-36-34-32-30-28-26-24-22-20-18-16-14-12-10-8-6-4-2/h29,31H,3-28,30,32-41H2,1-2H3. The first-order valence-electron chi connectivity index (χ1n) is 20.1. The average molecular weight is 575 g/mol. The first-order valence-corrected chi connectivity index (χ1v) is 20.1. The van der Waals surface area contributed by atoms with E-state index in [9.17, 15) is 0 Å². The molecule has 0 aliphatic heterocycles. The van der Waals surface area contributed by atoms with Crippen LogP contribution in [0.4, 0.5) is 0 Å². The van der Waals surface area contributed by atoms with Gasteiger partial charge in [0.2, 0.25) is 0 Å². The molecule has 0 rings (SSSR count). The van der Waals surface area contributed by atoms with Gasteiger partial charge in [0.25, 0.3) is 0 Å². The maximum absolute atomic E-state index is 2.47. The van der Waals surface area contributed by atoms with Gasteiger partial charge in [-0.05, 0) is 25.7 Å². The minimum atomic E-state index is 1.32. The van der Waals surface area contributed by atoms with E-state index in [2.05, 4.69) is 26.0 Å². The average Bonchev–Trinajstić information content (AvgIpc) is 2.98. The van der Waals surface area contributed by atoms with E-state index in [0.717, 1.165) is 0 Å². The molecule has 0 atom stereocenters. The second kappa shape index (κ2) is 39.7. The lowest BCUT2D eigenvalue weighted by Gasteiger charge is -2.04. The summed E-state index contributed by atoms with van der Waals surface area (Å²) in [5, 5.41) is 0. The largest absolute Gasteiger partial charge is 0.0885 e. The first-order chi connectivity index (χ1) is 20.4. The maximum Gasteiger partial charge on any atom is -0.0351 e. The van der Waals surface area contributed by atoms with Crippen molar-refractivity contribution >= 4 is 0 Å². The smallest absolute Gasteiger partial charge is 0.0351 e. The zero-order valence-corrected chi connectivity index (χ0v) is 29.3. The van der Waals surface area contributed by atoms with Crippen LogP contribution in [0.2, 0.25) is 0 Å². The Morgan fingerprint density at radius 3 is 0.512 bits per heavy atom. The second-order valence-corrected chi connectivity index (χ2v) is 13.7. The van der Waals surface area contributed by atoms with Crippen LogP contribution in [0.25, 0.3) is 0 Å². The first kappa shape index (κ1) is 40.7. The highest BCUT2D eigenvalue weighted by Crippen LogP contribution is 2.16. The lowest BCUT2D eigenvalue weighted by atomic mass is 10.0.